The molecule has 0 aromatic heterocycles. The Morgan fingerprint density at radius 3 is 2.69 bits per heavy atom. The van der Waals surface area contributed by atoms with Gasteiger partial charge >= 0.3 is 6.09 Å². The molecule has 0 unspecified atom stereocenters. The van der Waals surface area contributed by atoms with Gasteiger partial charge in [-0.25, -0.2) is 4.79 Å². The van der Waals surface area contributed by atoms with Crippen LogP contribution in [0.5, 0.6) is 0 Å². The molecule has 1 aromatic rings. The van der Waals surface area contributed by atoms with Gasteiger partial charge in [0, 0.05) is 11.6 Å². The maximum atomic E-state index is 11.3. The molecule has 1 N–H and O–H groups in total. The molecule has 2 rings (SSSR count). The lowest BCUT2D eigenvalue weighted by molar-refractivity contribution is 0.166. The zero-order chi connectivity index (χ0) is 11.4. The number of oxime groups is 1. The molecular formula is C12H14N2O2. The number of anilines is 1. The fourth-order valence-electron chi connectivity index (χ4n) is 1.35. The minimum Gasteiger partial charge on any atom is -0.298 e. The number of para-hydroxylation sites is 1. The average Bonchev–Trinajstić information content (AvgIpc) is 3.11. The molecule has 4 heteroatoms. The van der Waals surface area contributed by atoms with Crippen LogP contribution >= 0.6 is 0 Å². The highest BCUT2D eigenvalue weighted by Crippen LogP contribution is 2.30. The van der Waals surface area contributed by atoms with Gasteiger partial charge in [-0.1, -0.05) is 23.4 Å². The Bertz CT molecular complexity index is 397. The molecule has 0 saturated heterocycles. The monoisotopic (exact) mass is 218 g/mol. The highest BCUT2D eigenvalue weighted by molar-refractivity contribution is 5.88. The zero-order valence-corrected chi connectivity index (χ0v) is 9.14. The van der Waals surface area contributed by atoms with Gasteiger partial charge in [-0.3, -0.25) is 10.2 Å². The fraction of sp³-hybridized carbons (Fsp3) is 0.333. The van der Waals surface area contributed by atoms with Crippen molar-refractivity contribution in [3.63, 3.8) is 0 Å². The van der Waals surface area contributed by atoms with Gasteiger partial charge in [0.2, 0.25) is 0 Å². The number of nitrogens with zero attached hydrogens (tertiary/aromatic N) is 1. The lowest BCUT2D eigenvalue weighted by atomic mass is 10.3. The molecule has 0 bridgehead atoms. The zero-order valence-electron chi connectivity index (χ0n) is 9.14. The lowest BCUT2D eigenvalue weighted by Crippen LogP contribution is -2.11. The molecule has 84 valence electrons. The number of carbonyl (C=O) groups excluding carboxylic acids is 1. The van der Waals surface area contributed by atoms with Crippen molar-refractivity contribution in [1.82, 2.24) is 0 Å². The van der Waals surface area contributed by atoms with E-state index in [-0.39, 0.29) is 0 Å². The highest BCUT2D eigenvalue weighted by atomic mass is 16.7. The van der Waals surface area contributed by atoms with E-state index in [0.29, 0.717) is 11.6 Å². The third-order valence-corrected chi connectivity index (χ3v) is 2.46. The van der Waals surface area contributed by atoms with Crippen LogP contribution in [0.3, 0.4) is 0 Å². The van der Waals surface area contributed by atoms with Gasteiger partial charge in [0.15, 0.2) is 0 Å². The Balaban J connectivity index is 1.82. The van der Waals surface area contributed by atoms with Crippen LogP contribution in [0.4, 0.5) is 10.5 Å². The number of hydrogen-bond acceptors (Lipinski definition) is 3. The second kappa shape index (κ2) is 4.79. The van der Waals surface area contributed by atoms with Crippen LogP contribution in [0.2, 0.25) is 0 Å². The molecular weight excluding hydrogens is 204 g/mol. The number of nitrogens with one attached hydrogen (secondary N) is 1. The molecule has 1 amide bonds. The minimum absolute atomic E-state index is 0.518. The first kappa shape index (κ1) is 10.7. The van der Waals surface area contributed by atoms with Crippen molar-refractivity contribution in [1.29, 1.82) is 0 Å². The number of amides is 1. The van der Waals surface area contributed by atoms with Gasteiger partial charge in [-0.15, -0.1) is 0 Å². The molecule has 0 heterocycles. The van der Waals surface area contributed by atoms with Crippen LogP contribution in [0.15, 0.2) is 35.5 Å². The van der Waals surface area contributed by atoms with Crippen molar-refractivity contribution < 1.29 is 9.63 Å². The molecule has 0 radical (unpaired) electrons. The van der Waals surface area contributed by atoms with Crippen LogP contribution in [0.25, 0.3) is 0 Å². The van der Waals surface area contributed by atoms with Crippen molar-refractivity contribution in [2.75, 3.05) is 5.32 Å². The summed E-state index contributed by atoms with van der Waals surface area (Å²) in [5.74, 6) is 0.518. The summed E-state index contributed by atoms with van der Waals surface area (Å²) in [5, 5.41) is 6.38. The fourth-order valence-corrected chi connectivity index (χ4v) is 1.35. The van der Waals surface area contributed by atoms with Crippen LogP contribution < -0.4 is 5.32 Å². The van der Waals surface area contributed by atoms with Crippen molar-refractivity contribution in [2.45, 2.75) is 19.8 Å². The lowest BCUT2D eigenvalue weighted by Gasteiger charge is -2.02. The third kappa shape index (κ3) is 3.08. The maximum absolute atomic E-state index is 11.3. The number of hydrogen-bond donors (Lipinski definition) is 1. The molecule has 1 fully saturated rings. The van der Waals surface area contributed by atoms with Crippen molar-refractivity contribution in [3.05, 3.63) is 30.3 Å². The Morgan fingerprint density at radius 1 is 1.38 bits per heavy atom. The van der Waals surface area contributed by atoms with Gasteiger partial charge in [-0.2, -0.15) is 0 Å². The third-order valence-electron chi connectivity index (χ3n) is 2.46. The predicted octanol–water partition coefficient (Wildman–Crippen LogP) is 3.02. The quantitative estimate of drug-likeness (QED) is 0.481. The number of benzene rings is 1. The Labute approximate surface area is 94.3 Å². The van der Waals surface area contributed by atoms with E-state index in [1.54, 1.807) is 12.1 Å². The summed E-state index contributed by atoms with van der Waals surface area (Å²) in [6.07, 6.45) is 1.75. The standard InChI is InChI=1S/C12H14N2O2/c1-9(10-7-8-10)14-16-12(15)13-11-5-3-2-4-6-11/h2-6,10H,7-8H2,1H3,(H,13,15)/b14-9+. The van der Waals surface area contributed by atoms with Gasteiger partial charge in [-0.05, 0) is 31.9 Å². The van der Waals surface area contributed by atoms with Crippen molar-refractivity contribution in [3.8, 4) is 0 Å². The molecule has 16 heavy (non-hydrogen) atoms. The summed E-state index contributed by atoms with van der Waals surface area (Å²) in [4.78, 5) is 16.1. The summed E-state index contributed by atoms with van der Waals surface area (Å²) in [7, 11) is 0. The van der Waals surface area contributed by atoms with E-state index < -0.39 is 6.09 Å². The first-order chi connectivity index (χ1) is 7.75. The number of carbonyl (C=O) groups is 1. The SMILES string of the molecule is C/C(=N\OC(=O)Nc1ccccc1)C1CC1. The van der Waals surface area contributed by atoms with Gasteiger partial charge in [0.05, 0.1) is 5.71 Å². The first-order valence-electron chi connectivity index (χ1n) is 5.33. The minimum atomic E-state index is -0.550. The first-order valence-corrected chi connectivity index (χ1v) is 5.33. The largest absolute Gasteiger partial charge is 0.437 e. The average molecular weight is 218 g/mol. The molecule has 1 aliphatic carbocycles. The maximum Gasteiger partial charge on any atom is 0.437 e. The van der Waals surface area contributed by atoms with E-state index in [1.165, 1.54) is 0 Å². The van der Waals surface area contributed by atoms with Crippen LogP contribution in [-0.4, -0.2) is 11.8 Å². The topological polar surface area (TPSA) is 50.7 Å². The van der Waals surface area contributed by atoms with Crippen LogP contribution in [0, 0.1) is 5.92 Å². The Hall–Kier alpha value is -1.84. The van der Waals surface area contributed by atoms with Crippen LogP contribution in [0.1, 0.15) is 19.8 Å². The smallest absolute Gasteiger partial charge is 0.298 e. The summed E-state index contributed by atoms with van der Waals surface area (Å²) in [5.41, 5.74) is 1.59. The molecule has 0 aliphatic heterocycles. The number of rotatable bonds is 3. The van der Waals surface area contributed by atoms with Gasteiger partial charge < -0.3 is 0 Å². The second-order valence-corrected chi connectivity index (χ2v) is 3.88. The second-order valence-electron chi connectivity index (χ2n) is 3.88. The molecule has 0 spiro atoms. The summed E-state index contributed by atoms with van der Waals surface area (Å²) >= 11 is 0. The Morgan fingerprint density at radius 2 is 2.06 bits per heavy atom. The molecule has 1 saturated carbocycles. The molecule has 1 aliphatic rings. The van der Waals surface area contributed by atoms with E-state index in [1.807, 2.05) is 25.1 Å². The van der Waals surface area contributed by atoms with E-state index in [4.69, 9.17) is 4.84 Å². The highest BCUT2D eigenvalue weighted by Gasteiger charge is 2.25. The van der Waals surface area contributed by atoms with Crippen molar-refractivity contribution in [2.24, 2.45) is 11.1 Å². The predicted molar refractivity (Wildman–Crippen MR) is 62.4 cm³/mol. The van der Waals surface area contributed by atoms with E-state index in [9.17, 15) is 4.79 Å². The van der Waals surface area contributed by atoms with E-state index in [2.05, 4.69) is 10.5 Å². The molecule has 0 atom stereocenters. The Kier molecular flexibility index (Phi) is 3.19. The summed E-state index contributed by atoms with van der Waals surface area (Å²) in [6, 6.07) is 9.14. The van der Waals surface area contributed by atoms with E-state index >= 15 is 0 Å². The summed E-state index contributed by atoms with van der Waals surface area (Å²) in [6.45, 7) is 1.88. The van der Waals surface area contributed by atoms with Gasteiger partial charge in [0.1, 0.15) is 0 Å². The van der Waals surface area contributed by atoms with E-state index in [0.717, 1.165) is 18.6 Å². The summed E-state index contributed by atoms with van der Waals surface area (Å²) < 4.78 is 0. The van der Waals surface area contributed by atoms with Gasteiger partial charge in [0.25, 0.3) is 0 Å². The normalized spacial score (nSPS) is 15.7. The molecule has 4 nitrogen and oxygen atoms in total. The molecule has 1 aromatic carbocycles. The van der Waals surface area contributed by atoms with Crippen LogP contribution in [-0.2, 0) is 4.84 Å². The van der Waals surface area contributed by atoms with Crippen molar-refractivity contribution >= 4 is 17.5 Å².